The summed E-state index contributed by atoms with van der Waals surface area (Å²) in [4.78, 5) is 0. The Balaban J connectivity index is 1.77. The topological polar surface area (TPSA) is 20.2 Å². The van der Waals surface area contributed by atoms with E-state index in [1.807, 2.05) is 0 Å². The van der Waals surface area contributed by atoms with Crippen LogP contribution in [0.25, 0.3) is 0 Å². The molecule has 1 nitrogen and oxygen atoms in total. The first-order chi connectivity index (χ1) is 8.16. The summed E-state index contributed by atoms with van der Waals surface area (Å²) < 4.78 is 0. The highest BCUT2D eigenvalue weighted by atomic mass is 16.3. The summed E-state index contributed by atoms with van der Waals surface area (Å²) in [6, 6.07) is 8.81. The van der Waals surface area contributed by atoms with Crippen molar-refractivity contribution in [3.8, 4) is 0 Å². The zero-order valence-corrected chi connectivity index (χ0v) is 10.7. The van der Waals surface area contributed by atoms with E-state index in [1.54, 1.807) is 0 Å². The molecule has 0 heterocycles. The highest BCUT2D eigenvalue weighted by molar-refractivity contribution is 5.33. The Morgan fingerprint density at radius 3 is 2.82 bits per heavy atom. The SMILES string of the molecule is CC1CC(O)(CC2CCCc3ccccc32)C1. The van der Waals surface area contributed by atoms with Crippen molar-refractivity contribution >= 4 is 0 Å². The van der Waals surface area contributed by atoms with Crippen LogP contribution in [0.2, 0.25) is 0 Å². The largest absolute Gasteiger partial charge is 0.390 e. The molecule has 2 aliphatic carbocycles. The van der Waals surface area contributed by atoms with Crippen molar-refractivity contribution in [1.82, 2.24) is 0 Å². The quantitative estimate of drug-likeness (QED) is 0.822. The molecule has 2 aliphatic rings. The number of rotatable bonds is 2. The van der Waals surface area contributed by atoms with E-state index in [9.17, 15) is 5.11 Å². The maximum atomic E-state index is 10.5. The first-order valence-electron chi connectivity index (χ1n) is 6.96. The summed E-state index contributed by atoms with van der Waals surface area (Å²) in [5, 5.41) is 10.5. The van der Waals surface area contributed by atoms with Gasteiger partial charge in [-0.25, -0.2) is 0 Å². The minimum atomic E-state index is -0.353. The van der Waals surface area contributed by atoms with Gasteiger partial charge >= 0.3 is 0 Å². The van der Waals surface area contributed by atoms with Crippen molar-refractivity contribution in [2.45, 2.75) is 57.0 Å². The van der Waals surface area contributed by atoms with E-state index in [2.05, 4.69) is 31.2 Å². The number of benzene rings is 1. The van der Waals surface area contributed by atoms with Gasteiger partial charge in [0.1, 0.15) is 0 Å². The van der Waals surface area contributed by atoms with Crippen LogP contribution in [0.4, 0.5) is 0 Å². The molecule has 1 aromatic rings. The molecule has 1 unspecified atom stereocenters. The first-order valence-corrected chi connectivity index (χ1v) is 6.96. The van der Waals surface area contributed by atoms with Crippen LogP contribution >= 0.6 is 0 Å². The van der Waals surface area contributed by atoms with Gasteiger partial charge in [0.2, 0.25) is 0 Å². The Hall–Kier alpha value is -0.820. The molecule has 1 N–H and O–H groups in total. The highest BCUT2D eigenvalue weighted by Crippen LogP contribution is 2.46. The summed E-state index contributed by atoms with van der Waals surface area (Å²) in [6.07, 6.45) is 6.76. The monoisotopic (exact) mass is 230 g/mol. The van der Waals surface area contributed by atoms with Crippen molar-refractivity contribution in [2.75, 3.05) is 0 Å². The molecule has 1 saturated carbocycles. The van der Waals surface area contributed by atoms with Gasteiger partial charge < -0.3 is 5.11 Å². The normalized spacial score (nSPS) is 36.1. The Kier molecular flexibility index (Phi) is 2.74. The van der Waals surface area contributed by atoms with E-state index in [0.29, 0.717) is 5.92 Å². The van der Waals surface area contributed by atoms with Gasteiger partial charge in [0.25, 0.3) is 0 Å². The predicted molar refractivity (Wildman–Crippen MR) is 70.1 cm³/mol. The molecule has 1 fully saturated rings. The minimum Gasteiger partial charge on any atom is -0.390 e. The van der Waals surface area contributed by atoms with Gasteiger partial charge in [0, 0.05) is 0 Å². The number of aliphatic hydroxyl groups is 1. The third-order valence-electron chi connectivity index (χ3n) is 4.58. The average molecular weight is 230 g/mol. The standard InChI is InChI=1S/C16H22O/c1-12-9-16(17,10-12)11-14-7-4-6-13-5-2-3-8-15(13)14/h2-3,5,8,12,14,17H,4,6-7,9-11H2,1H3. The third-order valence-corrected chi connectivity index (χ3v) is 4.58. The average Bonchev–Trinajstić information content (AvgIpc) is 2.28. The second-order valence-corrected chi connectivity index (χ2v) is 6.23. The molecule has 0 saturated heterocycles. The number of hydrogen-bond donors (Lipinski definition) is 1. The predicted octanol–water partition coefficient (Wildman–Crippen LogP) is 3.66. The van der Waals surface area contributed by atoms with Gasteiger partial charge in [-0.1, -0.05) is 31.2 Å². The zero-order valence-electron chi connectivity index (χ0n) is 10.7. The lowest BCUT2D eigenvalue weighted by Crippen LogP contribution is -2.44. The maximum absolute atomic E-state index is 10.5. The Bertz CT molecular complexity index is 404. The molecule has 17 heavy (non-hydrogen) atoms. The lowest BCUT2D eigenvalue weighted by molar-refractivity contribution is -0.0791. The van der Waals surface area contributed by atoms with Crippen LogP contribution in [0.1, 0.15) is 56.1 Å². The molecular weight excluding hydrogens is 208 g/mol. The van der Waals surface area contributed by atoms with Crippen LogP contribution in [-0.2, 0) is 6.42 Å². The van der Waals surface area contributed by atoms with Crippen molar-refractivity contribution in [1.29, 1.82) is 0 Å². The van der Waals surface area contributed by atoms with E-state index in [4.69, 9.17) is 0 Å². The van der Waals surface area contributed by atoms with E-state index < -0.39 is 0 Å². The second-order valence-electron chi connectivity index (χ2n) is 6.23. The summed E-state index contributed by atoms with van der Waals surface area (Å²) in [5.41, 5.74) is 2.67. The highest BCUT2D eigenvalue weighted by Gasteiger charge is 2.42. The molecule has 0 aromatic heterocycles. The second kappa shape index (κ2) is 4.13. The first kappa shape index (κ1) is 11.3. The lowest BCUT2D eigenvalue weighted by Gasteiger charge is -2.45. The fraction of sp³-hybridized carbons (Fsp3) is 0.625. The van der Waals surface area contributed by atoms with Gasteiger partial charge in [-0.2, -0.15) is 0 Å². The van der Waals surface area contributed by atoms with Gasteiger partial charge in [0.15, 0.2) is 0 Å². The number of hydrogen-bond acceptors (Lipinski definition) is 1. The fourth-order valence-corrected chi connectivity index (χ4v) is 3.93. The third kappa shape index (κ3) is 2.13. The van der Waals surface area contributed by atoms with Gasteiger partial charge in [-0.3, -0.25) is 0 Å². The Morgan fingerprint density at radius 2 is 2.06 bits per heavy atom. The van der Waals surface area contributed by atoms with Crippen LogP contribution in [0.15, 0.2) is 24.3 Å². The van der Waals surface area contributed by atoms with Crippen LogP contribution in [-0.4, -0.2) is 10.7 Å². The van der Waals surface area contributed by atoms with E-state index in [-0.39, 0.29) is 5.60 Å². The smallest absolute Gasteiger partial charge is 0.0658 e. The summed E-state index contributed by atoms with van der Waals surface area (Å²) in [7, 11) is 0. The number of fused-ring (bicyclic) bond motifs is 1. The van der Waals surface area contributed by atoms with Crippen molar-refractivity contribution in [2.24, 2.45) is 5.92 Å². The molecule has 0 amide bonds. The van der Waals surface area contributed by atoms with Gasteiger partial charge in [-0.15, -0.1) is 0 Å². The van der Waals surface area contributed by atoms with Crippen molar-refractivity contribution in [3.63, 3.8) is 0 Å². The van der Waals surface area contributed by atoms with E-state index >= 15 is 0 Å². The molecule has 0 aliphatic heterocycles. The molecule has 92 valence electrons. The molecule has 0 spiro atoms. The molecule has 0 radical (unpaired) electrons. The van der Waals surface area contributed by atoms with Crippen LogP contribution in [0.5, 0.6) is 0 Å². The maximum Gasteiger partial charge on any atom is 0.0658 e. The Labute approximate surface area is 104 Å². The van der Waals surface area contributed by atoms with Crippen LogP contribution in [0, 0.1) is 5.92 Å². The zero-order chi connectivity index (χ0) is 11.9. The fourth-order valence-electron chi connectivity index (χ4n) is 3.93. The molecule has 1 heteroatoms. The number of aryl methyl sites for hydroxylation is 1. The van der Waals surface area contributed by atoms with Crippen LogP contribution in [0.3, 0.4) is 0 Å². The lowest BCUT2D eigenvalue weighted by atomic mass is 9.65. The van der Waals surface area contributed by atoms with Crippen LogP contribution < -0.4 is 0 Å². The molecule has 1 aromatic carbocycles. The molecular formula is C16H22O. The molecule has 0 bridgehead atoms. The molecule has 3 rings (SSSR count). The van der Waals surface area contributed by atoms with E-state index in [0.717, 1.165) is 25.2 Å². The summed E-state index contributed by atoms with van der Waals surface area (Å²) in [5.74, 6) is 1.32. The summed E-state index contributed by atoms with van der Waals surface area (Å²) >= 11 is 0. The Morgan fingerprint density at radius 1 is 1.29 bits per heavy atom. The molecule has 1 atom stereocenters. The minimum absolute atomic E-state index is 0.353. The van der Waals surface area contributed by atoms with Crippen molar-refractivity contribution in [3.05, 3.63) is 35.4 Å². The van der Waals surface area contributed by atoms with Gasteiger partial charge in [0.05, 0.1) is 5.60 Å². The summed E-state index contributed by atoms with van der Waals surface area (Å²) in [6.45, 7) is 2.24. The van der Waals surface area contributed by atoms with Crippen molar-refractivity contribution < 1.29 is 5.11 Å². The van der Waals surface area contributed by atoms with Gasteiger partial charge in [-0.05, 0) is 61.5 Å². The van der Waals surface area contributed by atoms with E-state index in [1.165, 1.54) is 30.4 Å².